The molecular weight excluding hydrogens is 233 g/mol. The number of rotatable bonds is 2. The van der Waals surface area contributed by atoms with E-state index in [2.05, 4.69) is 0 Å². The third-order valence-corrected chi connectivity index (χ3v) is 2.12. The van der Waals surface area contributed by atoms with Crippen LogP contribution < -0.4 is 4.74 Å². The summed E-state index contributed by atoms with van der Waals surface area (Å²) in [6.45, 7) is 0. The van der Waals surface area contributed by atoms with E-state index in [0.717, 1.165) is 6.07 Å². The van der Waals surface area contributed by atoms with Crippen LogP contribution in [0.15, 0.2) is 12.1 Å². The molecule has 1 aromatic rings. The molecule has 0 saturated carbocycles. The summed E-state index contributed by atoms with van der Waals surface area (Å²) in [5.41, 5.74) is -1.41. The molecule has 0 spiro atoms. The third-order valence-electron chi connectivity index (χ3n) is 2.12. The maximum Gasteiger partial charge on any atom is 0.416 e. The maximum atomic E-state index is 12.7. The average Bonchev–Trinajstić information content (AvgIpc) is 2.28. The van der Waals surface area contributed by atoms with Crippen LogP contribution in [0, 0.1) is 22.7 Å². The highest BCUT2D eigenvalue weighted by Gasteiger charge is 2.35. The molecule has 0 aliphatic carbocycles. The highest BCUT2D eigenvalue weighted by atomic mass is 19.4. The zero-order valence-corrected chi connectivity index (χ0v) is 8.80. The molecule has 0 heterocycles. The Morgan fingerprint density at radius 1 is 1.29 bits per heavy atom. The molecule has 0 aliphatic rings. The monoisotopic (exact) mass is 240 g/mol. The lowest BCUT2D eigenvalue weighted by Crippen LogP contribution is -2.11. The number of halogens is 3. The Kier molecular flexibility index (Phi) is 3.59. The summed E-state index contributed by atoms with van der Waals surface area (Å²) in [5.74, 6) is -0.0991. The van der Waals surface area contributed by atoms with Crippen LogP contribution in [0.25, 0.3) is 0 Å². The van der Waals surface area contributed by atoms with Gasteiger partial charge in [-0.05, 0) is 12.1 Å². The van der Waals surface area contributed by atoms with Crippen molar-refractivity contribution in [3.8, 4) is 17.9 Å². The molecule has 0 saturated heterocycles. The largest absolute Gasteiger partial charge is 0.496 e. The van der Waals surface area contributed by atoms with Crippen molar-refractivity contribution in [2.75, 3.05) is 7.11 Å². The van der Waals surface area contributed by atoms with Gasteiger partial charge < -0.3 is 4.74 Å². The number of hydrogen-bond donors (Lipinski definition) is 0. The Morgan fingerprint density at radius 2 is 1.94 bits per heavy atom. The number of benzene rings is 1. The van der Waals surface area contributed by atoms with Crippen LogP contribution in [0.4, 0.5) is 13.2 Å². The fourth-order valence-corrected chi connectivity index (χ4v) is 1.41. The summed E-state index contributed by atoms with van der Waals surface area (Å²) in [5, 5.41) is 17.1. The molecule has 0 N–H and O–H groups in total. The van der Waals surface area contributed by atoms with Crippen LogP contribution in [0.3, 0.4) is 0 Å². The van der Waals surface area contributed by atoms with Gasteiger partial charge >= 0.3 is 6.18 Å². The fraction of sp³-hybridized carbons (Fsp3) is 0.273. The quantitative estimate of drug-likeness (QED) is 0.798. The van der Waals surface area contributed by atoms with Crippen LogP contribution in [-0.4, -0.2) is 7.11 Å². The van der Waals surface area contributed by atoms with Gasteiger partial charge in [-0.3, -0.25) is 0 Å². The number of nitrogens with zero attached hydrogens (tertiary/aromatic N) is 2. The normalized spacial score (nSPS) is 10.5. The summed E-state index contributed by atoms with van der Waals surface area (Å²) in [7, 11) is 1.19. The van der Waals surface area contributed by atoms with Crippen molar-refractivity contribution >= 4 is 0 Å². The highest BCUT2D eigenvalue weighted by molar-refractivity contribution is 5.50. The lowest BCUT2D eigenvalue weighted by molar-refractivity contribution is -0.138. The Hall–Kier alpha value is -2.21. The van der Waals surface area contributed by atoms with Gasteiger partial charge in [0.05, 0.1) is 36.8 Å². The van der Waals surface area contributed by atoms with Crippen molar-refractivity contribution in [3.05, 3.63) is 28.8 Å². The fourth-order valence-electron chi connectivity index (χ4n) is 1.41. The Balaban J connectivity index is 3.54. The molecule has 0 atom stereocenters. The number of methoxy groups -OCH3 is 1. The van der Waals surface area contributed by atoms with Crippen molar-refractivity contribution in [3.63, 3.8) is 0 Å². The predicted octanol–water partition coefficient (Wildman–Crippen LogP) is 2.65. The van der Waals surface area contributed by atoms with E-state index in [1.54, 1.807) is 12.1 Å². The topological polar surface area (TPSA) is 56.8 Å². The second kappa shape index (κ2) is 4.75. The van der Waals surface area contributed by atoms with Gasteiger partial charge in [0.2, 0.25) is 0 Å². The molecule has 0 unspecified atom stereocenters. The molecule has 0 radical (unpaired) electrons. The van der Waals surface area contributed by atoms with E-state index in [-0.39, 0.29) is 16.9 Å². The van der Waals surface area contributed by atoms with E-state index in [1.165, 1.54) is 13.2 Å². The average molecular weight is 240 g/mol. The molecule has 3 nitrogen and oxygen atoms in total. The summed E-state index contributed by atoms with van der Waals surface area (Å²) in [6, 6.07) is 5.17. The van der Waals surface area contributed by atoms with E-state index in [4.69, 9.17) is 15.3 Å². The van der Waals surface area contributed by atoms with Crippen LogP contribution in [-0.2, 0) is 12.6 Å². The second-order valence-corrected chi connectivity index (χ2v) is 3.15. The van der Waals surface area contributed by atoms with Crippen molar-refractivity contribution in [1.82, 2.24) is 0 Å². The van der Waals surface area contributed by atoms with Gasteiger partial charge in [0.1, 0.15) is 5.75 Å². The van der Waals surface area contributed by atoms with Crippen LogP contribution in [0.2, 0.25) is 0 Å². The minimum atomic E-state index is -4.62. The minimum absolute atomic E-state index is 0.0991. The van der Waals surface area contributed by atoms with Crippen molar-refractivity contribution < 1.29 is 17.9 Å². The zero-order chi connectivity index (χ0) is 13.1. The van der Waals surface area contributed by atoms with E-state index < -0.39 is 18.2 Å². The molecule has 88 valence electrons. The lowest BCUT2D eigenvalue weighted by atomic mass is 10.0. The number of ether oxygens (including phenoxy) is 1. The van der Waals surface area contributed by atoms with Crippen LogP contribution in [0.5, 0.6) is 5.75 Å². The molecule has 0 aromatic heterocycles. The maximum absolute atomic E-state index is 12.7. The van der Waals surface area contributed by atoms with E-state index >= 15 is 0 Å². The SMILES string of the molecule is COc1cc(C#N)cc(C(F)(F)F)c1CC#N. The minimum Gasteiger partial charge on any atom is -0.496 e. The van der Waals surface area contributed by atoms with Gasteiger partial charge in [-0.2, -0.15) is 23.7 Å². The summed E-state index contributed by atoms with van der Waals surface area (Å²) in [6.07, 6.45) is -5.05. The molecule has 6 heteroatoms. The molecule has 17 heavy (non-hydrogen) atoms. The molecule has 1 rings (SSSR count). The summed E-state index contributed by atoms with van der Waals surface area (Å²) < 4.78 is 43.0. The number of alkyl halides is 3. The first kappa shape index (κ1) is 12.9. The summed E-state index contributed by atoms with van der Waals surface area (Å²) >= 11 is 0. The second-order valence-electron chi connectivity index (χ2n) is 3.15. The molecule has 0 amide bonds. The first-order chi connectivity index (χ1) is 7.93. The van der Waals surface area contributed by atoms with E-state index in [1.807, 2.05) is 0 Å². The van der Waals surface area contributed by atoms with Gasteiger partial charge in [0.25, 0.3) is 0 Å². The van der Waals surface area contributed by atoms with Crippen molar-refractivity contribution in [2.45, 2.75) is 12.6 Å². The Bertz CT molecular complexity index is 509. The summed E-state index contributed by atoms with van der Waals surface area (Å²) in [4.78, 5) is 0. The lowest BCUT2D eigenvalue weighted by Gasteiger charge is -2.14. The zero-order valence-electron chi connectivity index (χ0n) is 8.80. The highest BCUT2D eigenvalue weighted by Crippen LogP contribution is 2.37. The van der Waals surface area contributed by atoms with E-state index in [9.17, 15) is 13.2 Å². The van der Waals surface area contributed by atoms with Crippen molar-refractivity contribution in [1.29, 1.82) is 10.5 Å². The van der Waals surface area contributed by atoms with Gasteiger partial charge in [-0.15, -0.1) is 0 Å². The molecule has 1 aromatic carbocycles. The predicted molar refractivity (Wildman–Crippen MR) is 52.0 cm³/mol. The third kappa shape index (κ3) is 2.67. The first-order valence-electron chi connectivity index (χ1n) is 4.49. The van der Waals surface area contributed by atoms with Gasteiger partial charge in [-0.1, -0.05) is 0 Å². The Labute approximate surface area is 95.7 Å². The molecule has 0 bridgehead atoms. The van der Waals surface area contributed by atoms with Crippen LogP contribution >= 0.6 is 0 Å². The van der Waals surface area contributed by atoms with E-state index in [0.29, 0.717) is 0 Å². The Morgan fingerprint density at radius 3 is 2.35 bits per heavy atom. The van der Waals surface area contributed by atoms with Gasteiger partial charge in [0, 0.05) is 5.56 Å². The van der Waals surface area contributed by atoms with Crippen LogP contribution in [0.1, 0.15) is 16.7 Å². The van der Waals surface area contributed by atoms with Gasteiger partial charge in [-0.25, -0.2) is 0 Å². The first-order valence-corrected chi connectivity index (χ1v) is 4.49. The smallest absolute Gasteiger partial charge is 0.416 e. The van der Waals surface area contributed by atoms with Gasteiger partial charge in [0.15, 0.2) is 0 Å². The number of hydrogen-bond acceptors (Lipinski definition) is 3. The number of nitriles is 2. The molecule has 0 fully saturated rings. The molecule has 0 aliphatic heterocycles. The molecular formula is C11H7F3N2O. The van der Waals surface area contributed by atoms with Crippen molar-refractivity contribution in [2.24, 2.45) is 0 Å². The standard InChI is InChI=1S/C11H7F3N2O/c1-17-10-5-7(6-16)4-9(11(12,13)14)8(10)2-3-15/h4-5H,2H2,1H3.